The van der Waals surface area contributed by atoms with Gasteiger partial charge in [0.1, 0.15) is 0 Å². The van der Waals surface area contributed by atoms with Crippen molar-refractivity contribution in [1.29, 1.82) is 0 Å². The minimum absolute atomic E-state index is 0.0183. The van der Waals surface area contributed by atoms with Crippen LogP contribution in [0.2, 0.25) is 5.28 Å². The molecule has 0 amide bonds. The van der Waals surface area contributed by atoms with Gasteiger partial charge in [-0.2, -0.15) is 0 Å². The summed E-state index contributed by atoms with van der Waals surface area (Å²) in [6.45, 7) is 0. The SMILES string of the molecule is O=[N+]([O-])c1cc2nc(Cl)[nH]c2cc1[N+](=O)[O-]. The summed E-state index contributed by atoms with van der Waals surface area (Å²) >= 11 is 5.54. The first kappa shape index (κ1) is 10.3. The van der Waals surface area contributed by atoms with Crippen LogP contribution in [0.15, 0.2) is 12.1 Å². The van der Waals surface area contributed by atoms with Crippen molar-refractivity contribution in [2.45, 2.75) is 0 Å². The summed E-state index contributed by atoms with van der Waals surface area (Å²) in [6, 6.07) is 2.04. The van der Waals surface area contributed by atoms with E-state index in [0.717, 1.165) is 12.1 Å². The topological polar surface area (TPSA) is 115 Å². The van der Waals surface area contributed by atoms with E-state index in [1.165, 1.54) is 0 Å². The predicted octanol–water partition coefficient (Wildman–Crippen LogP) is 2.03. The predicted molar refractivity (Wildman–Crippen MR) is 54.4 cm³/mol. The maximum Gasteiger partial charge on any atom is 0.348 e. The Morgan fingerprint density at radius 3 is 2.31 bits per heavy atom. The molecule has 0 aliphatic heterocycles. The zero-order valence-electron chi connectivity index (χ0n) is 7.51. The number of imidazole rings is 1. The Balaban J connectivity index is 2.80. The van der Waals surface area contributed by atoms with Crippen molar-refractivity contribution in [3.63, 3.8) is 0 Å². The Hall–Kier alpha value is -2.22. The Labute approximate surface area is 92.2 Å². The molecule has 1 aromatic heterocycles. The largest absolute Gasteiger partial charge is 0.348 e. The first-order valence-corrected chi connectivity index (χ1v) is 4.35. The number of benzene rings is 1. The quantitative estimate of drug-likeness (QED) is 0.639. The number of rotatable bonds is 2. The van der Waals surface area contributed by atoms with Crippen molar-refractivity contribution >= 4 is 34.0 Å². The summed E-state index contributed by atoms with van der Waals surface area (Å²) in [7, 11) is 0. The number of H-pyrrole nitrogens is 1. The van der Waals surface area contributed by atoms with Crippen LogP contribution in [0.1, 0.15) is 0 Å². The molecule has 82 valence electrons. The first-order valence-electron chi connectivity index (χ1n) is 3.97. The number of nitro groups is 2. The molecular weight excluding hydrogens is 240 g/mol. The lowest BCUT2D eigenvalue weighted by atomic mass is 10.2. The number of halogens is 1. The van der Waals surface area contributed by atoms with Gasteiger partial charge in [-0.25, -0.2) is 4.98 Å². The lowest BCUT2D eigenvalue weighted by Crippen LogP contribution is -1.96. The van der Waals surface area contributed by atoms with Crippen LogP contribution in [-0.4, -0.2) is 19.8 Å². The second kappa shape index (κ2) is 3.42. The molecule has 0 spiro atoms. The molecule has 8 nitrogen and oxygen atoms in total. The van der Waals surface area contributed by atoms with E-state index >= 15 is 0 Å². The van der Waals surface area contributed by atoms with Gasteiger partial charge in [0.2, 0.25) is 5.28 Å². The summed E-state index contributed by atoms with van der Waals surface area (Å²) in [5.41, 5.74) is -0.719. The van der Waals surface area contributed by atoms with Gasteiger partial charge in [0.15, 0.2) is 0 Å². The standard InChI is InChI=1S/C7H3ClN4O4/c8-7-9-3-1-5(11(13)14)6(12(15)16)2-4(3)10-7/h1-2H,(H,9,10). The summed E-state index contributed by atoms with van der Waals surface area (Å²) in [4.78, 5) is 25.8. The monoisotopic (exact) mass is 242 g/mol. The van der Waals surface area contributed by atoms with Crippen molar-refractivity contribution in [2.75, 3.05) is 0 Å². The normalized spacial score (nSPS) is 10.6. The Bertz CT molecular complexity index is 557. The molecule has 0 atom stereocenters. The third kappa shape index (κ3) is 1.54. The molecule has 0 aliphatic carbocycles. The van der Waals surface area contributed by atoms with Gasteiger partial charge in [-0.15, -0.1) is 0 Å². The molecule has 16 heavy (non-hydrogen) atoms. The Kier molecular flexibility index (Phi) is 2.20. The van der Waals surface area contributed by atoms with E-state index < -0.39 is 21.2 Å². The van der Waals surface area contributed by atoms with Gasteiger partial charge in [0.05, 0.1) is 26.9 Å². The van der Waals surface area contributed by atoms with Gasteiger partial charge >= 0.3 is 11.4 Å². The smallest absolute Gasteiger partial charge is 0.328 e. The molecule has 2 rings (SSSR count). The third-order valence-corrected chi connectivity index (χ3v) is 2.12. The van der Waals surface area contributed by atoms with Gasteiger partial charge in [-0.05, 0) is 11.6 Å². The van der Waals surface area contributed by atoms with Crippen LogP contribution >= 0.6 is 11.6 Å². The van der Waals surface area contributed by atoms with Gasteiger partial charge in [-0.1, -0.05) is 0 Å². The van der Waals surface area contributed by atoms with Crippen LogP contribution in [0, 0.1) is 20.2 Å². The van der Waals surface area contributed by atoms with Gasteiger partial charge < -0.3 is 4.98 Å². The molecular formula is C7H3ClN4O4. The number of hydrogen-bond donors (Lipinski definition) is 1. The molecule has 0 radical (unpaired) electrons. The van der Waals surface area contributed by atoms with Crippen molar-refractivity contribution in [1.82, 2.24) is 9.97 Å². The zero-order valence-corrected chi connectivity index (χ0v) is 8.26. The van der Waals surface area contributed by atoms with Crippen molar-refractivity contribution < 1.29 is 9.85 Å². The molecule has 0 saturated heterocycles. The molecule has 1 N–H and O–H groups in total. The number of aromatic nitrogens is 2. The second-order valence-corrected chi connectivity index (χ2v) is 3.26. The number of nitrogens with zero attached hydrogens (tertiary/aromatic N) is 3. The summed E-state index contributed by atoms with van der Waals surface area (Å²) < 4.78 is 0. The van der Waals surface area contributed by atoms with Crippen LogP contribution in [-0.2, 0) is 0 Å². The molecule has 0 unspecified atom stereocenters. The fourth-order valence-corrected chi connectivity index (χ4v) is 1.49. The summed E-state index contributed by atoms with van der Waals surface area (Å²) in [6.07, 6.45) is 0. The molecule has 0 saturated carbocycles. The minimum atomic E-state index is -0.833. The van der Waals surface area contributed by atoms with E-state index in [1.807, 2.05) is 0 Å². The van der Waals surface area contributed by atoms with Crippen molar-refractivity contribution in [3.8, 4) is 0 Å². The van der Waals surface area contributed by atoms with E-state index in [0.29, 0.717) is 0 Å². The van der Waals surface area contributed by atoms with Crippen LogP contribution in [0.4, 0.5) is 11.4 Å². The fourth-order valence-electron chi connectivity index (χ4n) is 1.30. The lowest BCUT2D eigenvalue weighted by molar-refractivity contribution is -0.422. The van der Waals surface area contributed by atoms with E-state index in [-0.39, 0.29) is 16.3 Å². The Morgan fingerprint density at radius 2 is 1.75 bits per heavy atom. The van der Waals surface area contributed by atoms with Crippen LogP contribution < -0.4 is 0 Å². The van der Waals surface area contributed by atoms with E-state index in [9.17, 15) is 20.2 Å². The molecule has 0 bridgehead atoms. The highest BCUT2D eigenvalue weighted by molar-refractivity contribution is 6.29. The zero-order chi connectivity index (χ0) is 11.9. The fraction of sp³-hybridized carbons (Fsp3) is 0. The van der Waals surface area contributed by atoms with E-state index in [2.05, 4.69) is 9.97 Å². The highest BCUT2D eigenvalue weighted by atomic mass is 35.5. The molecule has 0 fully saturated rings. The second-order valence-electron chi connectivity index (χ2n) is 2.90. The highest BCUT2D eigenvalue weighted by Gasteiger charge is 2.25. The number of nitrogens with one attached hydrogen (secondary N) is 1. The molecule has 1 heterocycles. The first-order chi connectivity index (χ1) is 7.49. The summed E-state index contributed by atoms with van der Waals surface area (Å²) in [5, 5.41) is 21.2. The third-order valence-electron chi connectivity index (χ3n) is 1.94. The van der Waals surface area contributed by atoms with Crippen molar-refractivity contribution in [2.24, 2.45) is 0 Å². The van der Waals surface area contributed by atoms with Crippen LogP contribution in [0.25, 0.3) is 11.0 Å². The number of hydrogen-bond acceptors (Lipinski definition) is 5. The van der Waals surface area contributed by atoms with E-state index in [4.69, 9.17) is 11.6 Å². The van der Waals surface area contributed by atoms with Gasteiger partial charge in [0, 0.05) is 6.07 Å². The number of aromatic amines is 1. The molecule has 1 aromatic carbocycles. The maximum atomic E-state index is 10.6. The average molecular weight is 243 g/mol. The minimum Gasteiger partial charge on any atom is -0.328 e. The van der Waals surface area contributed by atoms with Crippen LogP contribution in [0.5, 0.6) is 0 Å². The van der Waals surface area contributed by atoms with Gasteiger partial charge in [0.25, 0.3) is 0 Å². The van der Waals surface area contributed by atoms with Gasteiger partial charge in [-0.3, -0.25) is 20.2 Å². The Morgan fingerprint density at radius 1 is 1.19 bits per heavy atom. The average Bonchev–Trinajstić information content (AvgIpc) is 2.54. The molecule has 9 heteroatoms. The van der Waals surface area contributed by atoms with E-state index in [1.54, 1.807) is 0 Å². The molecule has 2 aromatic rings. The molecule has 0 aliphatic rings. The van der Waals surface area contributed by atoms with Crippen LogP contribution in [0.3, 0.4) is 0 Å². The van der Waals surface area contributed by atoms with Crippen molar-refractivity contribution in [3.05, 3.63) is 37.6 Å². The number of nitro benzene ring substituents is 2. The summed E-state index contributed by atoms with van der Waals surface area (Å²) in [5.74, 6) is 0. The highest BCUT2D eigenvalue weighted by Crippen LogP contribution is 2.31. The number of fused-ring (bicyclic) bond motifs is 1. The lowest BCUT2D eigenvalue weighted by Gasteiger charge is -1.94. The maximum absolute atomic E-state index is 10.6.